The summed E-state index contributed by atoms with van der Waals surface area (Å²) in [5.41, 5.74) is 10.4. The second-order valence-electron chi connectivity index (χ2n) is 9.13. The Hall–Kier alpha value is -2.80. The topological polar surface area (TPSA) is 117 Å². The van der Waals surface area contributed by atoms with E-state index in [1.807, 2.05) is 19.1 Å². The normalized spacial score (nSPS) is 16.8. The van der Waals surface area contributed by atoms with Crippen molar-refractivity contribution in [1.82, 2.24) is 0 Å². The molecule has 1 aliphatic heterocycles. The summed E-state index contributed by atoms with van der Waals surface area (Å²) in [5, 5.41) is 2.02. The third kappa shape index (κ3) is 5.49. The molecule has 5 rings (SSSR count). The summed E-state index contributed by atoms with van der Waals surface area (Å²) in [7, 11) is -1.40. The third-order valence-corrected chi connectivity index (χ3v) is 8.57. The lowest BCUT2D eigenvalue weighted by Crippen LogP contribution is -2.36. The fourth-order valence-corrected chi connectivity index (χ4v) is 6.08. The Kier molecular flexibility index (Phi) is 7.85. The second kappa shape index (κ2) is 11.1. The molecule has 0 saturated heterocycles. The van der Waals surface area contributed by atoms with Crippen molar-refractivity contribution in [3.8, 4) is 17.2 Å². The van der Waals surface area contributed by atoms with Crippen LogP contribution < -0.4 is 26.1 Å². The number of ether oxygens (including phenoxy) is 2. The number of carbonyl (C=O) groups is 1. The van der Waals surface area contributed by atoms with E-state index in [0.717, 1.165) is 24.0 Å². The summed E-state index contributed by atoms with van der Waals surface area (Å²) in [6.07, 6.45) is 2.00. The fourth-order valence-electron chi connectivity index (χ4n) is 4.25. The molecule has 0 spiro atoms. The van der Waals surface area contributed by atoms with E-state index >= 15 is 0 Å². The lowest BCUT2D eigenvalue weighted by Gasteiger charge is -2.27. The zero-order chi connectivity index (χ0) is 27.0. The molecule has 1 fully saturated rings. The number of benzene rings is 3. The highest BCUT2D eigenvalue weighted by atomic mass is 127. The van der Waals surface area contributed by atoms with Gasteiger partial charge in [-0.15, -0.1) is 0 Å². The van der Waals surface area contributed by atoms with Crippen molar-refractivity contribution in [2.75, 3.05) is 11.6 Å². The van der Waals surface area contributed by atoms with Crippen LogP contribution in [0.4, 0.5) is 5.69 Å². The van der Waals surface area contributed by atoms with Gasteiger partial charge in [-0.3, -0.25) is 9.22 Å². The largest absolute Gasteiger partial charge is 0.487 e. The molecule has 1 atom stereocenters. The molecule has 0 bridgehead atoms. The zero-order valence-electron chi connectivity index (χ0n) is 20.4. The van der Waals surface area contributed by atoms with Crippen LogP contribution in [-0.2, 0) is 19.6 Å². The molecule has 11 heteroatoms. The van der Waals surface area contributed by atoms with Crippen LogP contribution in [0.5, 0.6) is 17.2 Å². The lowest BCUT2D eigenvalue weighted by atomic mass is 10.1. The summed E-state index contributed by atoms with van der Waals surface area (Å²) >= 11 is 8.01. The monoisotopic (exact) mass is 665 g/mol. The number of hydrogen-bond acceptors (Lipinski definition) is 8. The van der Waals surface area contributed by atoms with E-state index in [-0.39, 0.29) is 18.3 Å². The smallest absolute Gasteiger partial charge is 0.347 e. The zero-order valence-corrected chi connectivity index (χ0v) is 24.1. The predicted molar refractivity (Wildman–Crippen MR) is 155 cm³/mol. The standard InChI is InChI=1S/C27H25ClIN3O5S/c1-15-3-2-4-20(28)26(15)32(31)21(25(30)16-5-6-16)13-35-19-9-10-22-24(12-19)38(34)14-18-8-7-17(27(33)37-29)11-23(18)36-22/h2-4,7-12,16H,5-6,13-14,30-31H2,1H3/b25-21-. The Balaban J connectivity index is 1.40. The quantitative estimate of drug-likeness (QED) is 0.182. The molecule has 38 heavy (non-hydrogen) atoms. The number of nitrogens with two attached hydrogens (primary N) is 2. The van der Waals surface area contributed by atoms with E-state index in [9.17, 15) is 9.00 Å². The number of nitrogens with zero attached hydrogens (tertiary/aromatic N) is 1. The summed E-state index contributed by atoms with van der Waals surface area (Å²) in [6, 6.07) is 15.7. The Bertz CT molecular complexity index is 1460. The van der Waals surface area contributed by atoms with E-state index in [4.69, 9.17) is 35.7 Å². The van der Waals surface area contributed by atoms with Gasteiger partial charge in [0.1, 0.15) is 23.9 Å². The highest BCUT2D eigenvalue weighted by molar-refractivity contribution is 14.1. The maximum absolute atomic E-state index is 13.2. The Morgan fingerprint density at radius 3 is 2.68 bits per heavy atom. The number of halogens is 2. The van der Waals surface area contributed by atoms with Crippen molar-refractivity contribution in [1.29, 1.82) is 0 Å². The van der Waals surface area contributed by atoms with E-state index in [2.05, 4.69) is 0 Å². The first-order valence-corrected chi connectivity index (χ1v) is 14.4. The lowest BCUT2D eigenvalue weighted by molar-refractivity contribution is 0.0800. The molecule has 0 radical (unpaired) electrons. The molecule has 0 amide bonds. The van der Waals surface area contributed by atoms with Crippen molar-refractivity contribution < 1.29 is 21.5 Å². The molecule has 1 aliphatic carbocycles. The maximum atomic E-state index is 13.2. The Morgan fingerprint density at radius 2 is 1.97 bits per heavy atom. The highest BCUT2D eigenvalue weighted by Gasteiger charge is 2.30. The van der Waals surface area contributed by atoms with Gasteiger partial charge in [0.15, 0.2) is 23.0 Å². The van der Waals surface area contributed by atoms with Crippen LogP contribution in [0, 0.1) is 12.8 Å². The molecule has 198 valence electrons. The van der Waals surface area contributed by atoms with Crippen molar-refractivity contribution >= 4 is 57.1 Å². The average molecular weight is 666 g/mol. The van der Waals surface area contributed by atoms with Crippen LogP contribution in [0.15, 0.2) is 70.9 Å². The summed E-state index contributed by atoms with van der Waals surface area (Å²) in [4.78, 5) is 12.4. The van der Waals surface area contributed by atoms with Crippen molar-refractivity contribution in [2.45, 2.75) is 30.4 Å². The number of carbonyl (C=O) groups excluding carboxylic acids is 1. The van der Waals surface area contributed by atoms with Gasteiger partial charge >= 0.3 is 5.97 Å². The Labute approximate surface area is 242 Å². The molecule has 1 unspecified atom stereocenters. The molecule has 1 heterocycles. The van der Waals surface area contributed by atoms with Crippen molar-refractivity contribution in [3.63, 3.8) is 0 Å². The average Bonchev–Trinajstić information content (AvgIpc) is 3.76. The van der Waals surface area contributed by atoms with Gasteiger partial charge in [0.05, 0.1) is 43.4 Å². The minimum atomic E-state index is -1.40. The number of allylic oxidation sites excluding steroid dienone is 1. The van der Waals surface area contributed by atoms with Crippen molar-refractivity contribution in [2.24, 2.45) is 17.5 Å². The van der Waals surface area contributed by atoms with Gasteiger partial charge in [0, 0.05) is 23.2 Å². The number of para-hydroxylation sites is 1. The highest BCUT2D eigenvalue weighted by Crippen LogP contribution is 2.40. The Morgan fingerprint density at radius 1 is 1.18 bits per heavy atom. The minimum Gasteiger partial charge on any atom is -0.487 e. The minimum absolute atomic E-state index is 0.0950. The number of rotatable bonds is 7. The number of aryl methyl sites for hydroxylation is 1. The van der Waals surface area contributed by atoms with Gasteiger partial charge < -0.3 is 18.3 Å². The van der Waals surface area contributed by atoms with E-state index in [1.54, 1.807) is 42.5 Å². The SMILES string of the molecule is Cc1cccc(Cl)c1N(N)/C(COc1ccc2c(c1)S(=O)Cc1ccc(C(=O)OI)cc1O2)=C(\N)C1CC1. The maximum Gasteiger partial charge on any atom is 0.347 e. The van der Waals surface area contributed by atoms with E-state index < -0.39 is 16.8 Å². The first-order chi connectivity index (χ1) is 18.3. The number of fused-ring (bicyclic) bond motifs is 2. The van der Waals surface area contributed by atoms with Gasteiger partial charge in [0.25, 0.3) is 0 Å². The predicted octanol–water partition coefficient (Wildman–Crippen LogP) is 5.91. The summed E-state index contributed by atoms with van der Waals surface area (Å²) < 4.78 is 30.2. The molecule has 1 saturated carbocycles. The summed E-state index contributed by atoms with van der Waals surface area (Å²) in [5.74, 6) is 7.92. The molecule has 3 aromatic carbocycles. The number of hydrogen-bond donors (Lipinski definition) is 2. The molecule has 8 nitrogen and oxygen atoms in total. The first kappa shape index (κ1) is 26.8. The van der Waals surface area contributed by atoms with Gasteiger partial charge in [0.2, 0.25) is 0 Å². The fraction of sp³-hybridized carbons (Fsp3) is 0.222. The van der Waals surface area contributed by atoms with Crippen LogP contribution in [0.1, 0.15) is 34.3 Å². The van der Waals surface area contributed by atoms with Crippen molar-refractivity contribution in [3.05, 3.63) is 87.7 Å². The molecule has 4 N–H and O–H groups in total. The molecule has 2 aliphatic rings. The van der Waals surface area contributed by atoms with E-state index in [0.29, 0.717) is 49.8 Å². The summed E-state index contributed by atoms with van der Waals surface area (Å²) in [6.45, 7) is 2.03. The van der Waals surface area contributed by atoms with E-state index in [1.165, 1.54) is 28.0 Å². The molecule has 0 aromatic heterocycles. The van der Waals surface area contributed by atoms with Crippen LogP contribution in [0.2, 0.25) is 5.02 Å². The van der Waals surface area contributed by atoms with Gasteiger partial charge in [-0.1, -0.05) is 29.8 Å². The van der Waals surface area contributed by atoms with Gasteiger partial charge in [-0.2, -0.15) is 0 Å². The van der Waals surface area contributed by atoms with Gasteiger partial charge in [-0.05, 0) is 55.7 Å². The molecule has 3 aromatic rings. The van der Waals surface area contributed by atoms with Crippen LogP contribution in [-0.4, -0.2) is 16.8 Å². The number of anilines is 1. The number of hydrazine groups is 1. The molecular formula is C27H25ClIN3O5S. The third-order valence-electron chi connectivity index (χ3n) is 6.49. The van der Waals surface area contributed by atoms with Crippen LogP contribution in [0.25, 0.3) is 0 Å². The first-order valence-electron chi connectivity index (χ1n) is 11.8. The second-order valence-corrected chi connectivity index (χ2v) is 11.4. The van der Waals surface area contributed by atoms with Crippen LogP contribution >= 0.6 is 34.6 Å². The van der Waals surface area contributed by atoms with Crippen LogP contribution in [0.3, 0.4) is 0 Å². The molecular weight excluding hydrogens is 641 g/mol. The van der Waals surface area contributed by atoms with Gasteiger partial charge in [-0.25, -0.2) is 10.6 Å².